The zero-order valence-electron chi connectivity index (χ0n) is 18.7. The molecule has 2 aliphatic rings. The van der Waals surface area contributed by atoms with Gasteiger partial charge in [-0.3, -0.25) is 14.5 Å². The molecule has 1 aromatic carbocycles. The van der Waals surface area contributed by atoms with E-state index in [0.717, 1.165) is 0 Å². The summed E-state index contributed by atoms with van der Waals surface area (Å²) in [6, 6.07) is 2.72. The molecule has 1 amide bonds. The predicted molar refractivity (Wildman–Crippen MR) is 119 cm³/mol. The molecule has 2 aromatic heterocycles. The molecule has 1 fully saturated rings. The molecule has 13 heteroatoms. The molecule has 0 unspecified atom stereocenters. The molecular weight excluding hydrogens is 463 g/mol. The fourth-order valence-electron chi connectivity index (χ4n) is 3.88. The molecule has 12 nitrogen and oxygen atoms in total. The third-order valence-corrected chi connectivity index (χ3v) is 5.62. The van der Waals surface area contributed by atoms with Gasteiger partial charge in [-0.2, -0.15) is 0 Å². The first kappa shape index (κ1) is 22.7. The monoisotopic (exact) mass is 484 g/mol. The number of nitrogens with one attached hydrogen (secondary N) is 1. The molecule has 1 atom stereocenters. The predicted octanol–water partition coefficient (Wildman–Crippen LogP) is 0.360. The molecule has 0 radical (unpaired) electrons. The van der Waals surface area contributed by atoms with Gasteiger partial charge >= 0.3 is 6.09 Å². The number of aryl methyl sites for hydroxylation is 1. The second-order valence-corrected chi connectivity index (χ2v) is 8.05. The number of benzene rings is 1. The highest BCUT2D eigenvalue weighted by atomic mass is 19.1. The average Bonchev–Trinajstić information content (AvgIpc) is 3.22. The Labute approximate surface area is 197 Å². The minimum Gasteiger partial charge on any atom is -0.487 e. The number of Topliss-reactive ketones (excluding diaryl/α,β-unsaturated/α-hetero) is 1. The number of hydrogen-bond donors (Lipinski definition) is 1. The van der Waals surface area contributed by atoms with Crippen LogP contribution in [0.1, 0.15) is 5.69 Å². The second kappa shape index (κ2) is 9.25. The van der Waals surface area contributed by atoms with Crippen LogP contribution in [-0.4, -0.2) is 70.3 Å². The van der Waals surface area contributed by atoms with E-state index in [2.05, 4.69) is 20.3 Å². The zero-order chi connectivity index (χ0) is 24.5. The first-order chi connectivity index (χ1) is 16.9. The Morgan fingerprint density at radius 1 is 1.23 bits per heavy atom. The van der Waals surface area contributed by atoms with E-state index >= 15 is 0 Å². The number of nitrogens with zero attached hydrogens (tertiary/aromatic N) is 5. The molecule has 5 rings (SSSR count). The fraction of sp³-hybridized carbons (Fsp3) is 0.364. The van der Waals surface area contributed by atoms with Crippen molar-refractivity contribution in [2.24, 2.45) is 7.05 Å². The Balaban J connectivity index is 1.15. The van der Waals surface area contributed by atoms with Crippen molar-refractivity contribution in [2.45, 2.75) is 12.5 Å². The van der Waals surface area contributed by atoms with Crippen LogP contribution in [0.15, 0.2) is 29.3 Å². The number of amides is 1. The highest BCUT2D eigenvalue weighted by molar-refractivity contribution is 5.89. The first-order valence-electron chi connectivity index (χ1n) is 10.9. The Morgan fingerprint density at radius 2 is 2.09 bits per heavy atom. The lowest BCUT2D eigenvalue weighted by atomic mass is 10.2. The maximum Gasteiger partial charge on any atom is 0.416 e. The smallest absolute Gasteiger partial charge is 0.416 e. The van der Waals surface area contributed by atoms with Gasteiger partial charge in [0.2, 0.25) is 5.88 Å². The summed E-state index contributed by atoms with van der Waals surface area (Å²) in [5.41, 5.74) is 0.729. The molecule has 0 spiro atoms. The van der Waals surface area contributed by atoms with Crippen LogP contribution in [0.5, 0.6) is 11.6 Å². The number of halogens is 1. The van der Waals surface area contributed by atoms with Gasteiger partial charge in [-0.25, -0.2) is 24.1 Å². The van der Waals surface area contributed by atoms with Crippen LogP contribution in [0.3, 0.4) is 0 Å². The van der Waals surface area contributed by atoms with Crippen molar-refractivity contribution in [3.8, 4) is 11.6 Å². The topological polar surface area (TPSA) is 138 Å². The minimum absolute atomic E-state index is 0.0353. The van der Waals surface area contributed by atoms with Gasteiger partial charge in [0.25, 0.3) is 5.56 Å². The third-order valence-electron chi connectivity index (χ3n) is 5.62. The Morgan fingerprint density at radius 3 is 2.94 bits per heavy atom. The van der Waals surface area contributed by atoms with Crippen LogP contribution in [0, 0.1) is 5.82 Å². The lowest BCUT2D eigenvalue weighted by molar-refractivity contribution is -0.121. The van der Waals surface area contributed by atoms with Crippen LogP contribution in [0.25, 0.3) is 11.0 Å². The van der Waals surface area contributed by atoms with Crippen molar-refractivity contribution >= 4 is 28.7 Å². The molecule has 2 aliphatic heterocycles. The molecule has 1 N–H and O–H groups in total. The summed E-state index contributed by atoms with van der Waals surface area (Å²) < 4.78 is 31.9. The molecular formula is C22H21FN6O6. The Kier molecular flexibility index (Phi) is 5.99. The number of ketones is 1. The molecule has 0 saturated carbocycles. The molecule has 4 heterocycles. The van der Waals surface area contributed by atoms with Gasteiger partial charge in [-0.1, -0.05) is 0 Å². The van der Waals surface area contributed by atoms with Gasteiger partial charge in [0.05, 0.1) is 30.9 Å². The van der Waals surface area contributed by atoms with Crippen molar-refractivity contribution < 1.29 is 28.2 Å². The lowest BCUT2D eigenvalue weighted by Crippen LogP contribution is -2.33. The second-order valence-electron chi connectivity index (χ2n) is 8.05. The van der Waals surface area contributed by atoms with E-state index in [1.807, 2.05) is 0 Å². The maximum absolute atomic E-state index is 14.4. The lowest BCUT2D eigenvalue weighted by Gasteiger charge is -2.17. The molecule has 0 bridgehead atoms. The van der Waals surface area contributed by atoms with Crippen molar-refractivity contribution in [1.29, 1.82) is 0 Å². The first-order valence-corrected chi connectivity index (χ1v) is 10.9. The van der Waals surface area contributed by atoms with E-state index in [-0.39, 0.29) is 60.5 Å². The molecule has 0 aliphatic carbocycles. The Bertz CT molecular complexity index is 1380. The quantitative estimate of drug-likeness (QED) is 0.468. The van der Waals surface area contributed by atoms with Gasteiger partial charge < -0.3 is 24.1 Å². The summed E-state index contributed by atoms with van der Waals surface area (Å²) in [6.07, 6.45) is 1.64. The van der Waals surface area contributed by atoms with Gasteiger partial charge in [0.1, 0.15) is 30.5 Å². The third kappa shape index (κ3) is 4.49. The summed E-state index contributed by atoms with van der Waals surface area (Å²) in [4.78, 5) is 49.7. The number of cyclic esters (lactones) is 1. The van der Waals surface area contributed by atoms with Crippen molar-refractivity contribution in [2.75, 3.05) is 37.7 Å². The zero-order valence-corrected chi connectivity index (χ0v) is 18.7. The number of carbonyl (C=O) groups excluding carboxylic acids is 2. The molecule has 3 aromatic rings. The number of fused-ring (bicyclic) bond motifs is 2. The normalized spacial score (nSPS) is 17.3. The van der Waals surface area contributed by atoms with E-state index in [4.69, 9.17) is 14.2 Å². The summed E-state index contributed by atoms with van der Waals surface area (Å²) >= 11 is 0. The van der Waals surface area contributed by atoms with Gasteiger partial charge in [0.15, 0.2) is 23.2 Å². The standard InChI is InChI=1S/C22H21FN6O6/c1-28-18(31)9-25-15-3-2-14(23)20(19(15)28)33-5-4-24-7-13-10-29(22(32)35-13)17-8-26-21-16(27-17)6-12(30)11-34-21/h2-3,8-9,13,24H,4-7,10-11H2,1H3/t13-/m0/s1. The number of aromatic nitrogens is 4. The van der Waals surface area contributed by atoms with Crippen LogP contribution in [-0.2, 0) is 23.0 Å². The van der Waals surface area contributed by atoms with E-state index in [9.17, 15) is 18.8 Å². The molecule has 182 valence electrons. The van der Waals surface area contributed by atoms with Crippen LogP contribution in [0.2, 0.25) is 0 Å². The number of carbonyl (C=O) groups is 2. The SMILES string of the molecule is Cn1c(=O)cnc2ccc(F)c(OCCNC[C@H]3CN(c4cnc5c(n4)CC(=O)CO5)C(=O)O3)c21. The fourth-order valence-corrected chi connectivity index (χ4v) is 3.88. The molecule has 1 saturated heterocycles. The largest absolute Gasteiger partial charge is 0.487 e. The number of rotatable bonds is 7. The highest BCUT2D eigenvalue weighted by Gasteiger charge is 2.34. The number of ether oxygens (including phenoxy) is 3. The van der Waals surface area contributed by atoms with Crippen LogP contribution in [0.4, 0.5) is 15.0 Å². The number of anilines is 1. The maximum atomic E-state index is 14.4. The highest BCUT2D eigenvalue weighted by Crippen LogP contribution is 2.27. The molecule has 35 heavy (non-hydrogen) atoms. The number of hydrogen-bond acceptors (Lipinski definition) is 10. The van der Waals surface area contributed by atoms with Crippen LogP contribution < -0.4 is 25.2 Å². The Hall–Kier alpha value is -4.13. The summed E-state index contributed by atoms with van der Waals surface area (Å²) in [5, 5.41) is 3.10. The van der Waals surface area contributed by atoms with Crippen LogP contribution >= 0.6 is 0 Å². The van der Waals surface area contributed by atoms with Gasteiger partial charge in [0, 0.05) is 20.1 Å². The summed E-state index contributed by atoms with van der Waals surface area (Å²) in [7, 11) is 1.52. The van der Waals surface area contributed by atoms with Crippen molar-refractivity contribution in [3.63, 3.8) is 0 Å². The van der Waals surface area contributed by atoms with E-state index in [0.29, 0.717) is 24.3 Å². The van der Waals surface area contributed by atoms with E-state index < -0.39 is 18.0 Å². The van der Waals surface area contributed by atoms with Crippen molar-refractivity contribution in [3.05, 3.63) is 46.4 Å². The van der Waals surface area contributed by atoms with E-state index in [1.54, 1.807) is 0 Å². The summed E-state index contributed by atoms with van der Waals surface area (Å²) in [5.74, 6) is -0.191. The van der Waals surface area contributed by atoms with E-state index in [1.165, 1.54) is 41.0 Å². The van der Waals surface area contributed by atoms with Crippen molar-refractivity contribution in [1.82, 2.24) is 24.8 Å². The summed E-state index contributed by atoms with van der Waals surface area (Å²) in [6.45, 7) is 0.959. The average molecular weight is 484 g/mol. The minimum atomic E-state index is -0.598. The van der Waals surface area contributed by atoms with Gasteiger partial charge in [-0.15, -0.1) is 0 Å². The van der Waals surface area contributed by atoms with Gasteiger partial charge in [-0.05, 0) is 12.1 Å².